The van der Waals surface area contributed by atoms with Crippen molar-refractivity contribution in [3.05, 3.63) is 40.8 Å². The lowest BCUT2D eigenvalue weighted by Gasteiger charge is -2.14. The number of nitrogens with zero attached hydrogens (tertiary/aromatic N) is 1. The number of fused-ring (bicyclic) bond motifs is 1. The Hall–Kier alpha value is -1.70. The van der Waals surface area contributed by atoms with Crippen molar-refractivity contribution in [1.29, 1.82) is 0 Å². The first-order chi connectivity index (χ1) is 9.07. The van der Waals surface area contributed by atoms with E-state index in [1.54, 1.807) is 0 Å². The molecular formula is C12H11NO5S. The molecular weight excluding hydrogens is 270 g/mol. The van der Waals surface area contributed by atoms with Gasteiger partial charge in [-0.2, -0.15) is 0 Å². The van der Waals surface area contributed by atoms with E-state index in [1.807, 2.05) is 0 Å². The van der Waals surface area contributed by atoms with E-state index in [9.17, 15) is 13.2 Å². The third-order valence-corrected chi connectivity index (χ3v) is 4.55. The molecule has 100 valence electrons. The molecule has 0 aliphatic carbocycles. The van der Waals surface area contributed by atoms with Crippen LogP contribution in [0.2, 0.25) is 0 Å². The van der Waals surface area contributed by atoms with Crippen LogP contribution in [0.1, 0.15) is 6.42 Å². The Labute approximate surface area is 109 Å². The molecule has 1 saturated heterocycles. The van der Waals surface area contributed by atoms with Gasteiger partial charge in [-0.3, -0.25) is 4.84 Å². The molecule has 0 atom stereocenters. The van der Waals surface area contributed by atoms with Gasteiger partial charge >= 0.3 is 5.63 Å². The third-order valence-electron chi connectivity index (χ3n) is 2.88. The van der Waals surface area contributed by atoms with E-state index in [1.165, 1.54) is 30.3 Å². The highest BCUT2D eigenvalue weighted by Crippen LogP contribution is 2.23. The van der Waals surface area contributed by atoms with Crippen molar-refractivity contribution in [1.82, 2.24) is 4.47 Å². The van der Waals surface area contributed by atoms with Gasteiger partial charge in [0.2, 0.25) is 0 Å². The largest absolute Gasteiger partial charge is 0.423 e. The molecule has 3 rings (SSSR count). The van der Waals surface area contributed by atoms with Gasteiger partial charge in [0.1, 0.15) is 5.58 Å². The van der Waals surface area contributed by atoms with Crippen molar-refractivity contribution >= 4 is 21.0 Å². The van der Waals surface area contributed by atoms with Crippen LogP contribution >= 0.6 is 0 Å². The van der Waals surface area contributed by atoms with Gasteiger partial charge in [0, 0.05) is 18.0 Å². The molecule has 2 heterocycles. The van der Waals surface area contributed by atoms with Crippen molar-refractivity contribution in [2.75, 3.05) is 13.2 Å². The Morgan fingerprint density at radius 3 is 2.74 bits per heavy atom. The van der Waals surface area contributed by atoms with Gasteiger partial charge in [-0.25, -0.2) is 13.2 Å². The van der Waals surface area contributed by atoms with E-state index < -0.39 is 15.6 Å². The Balaban J connectivity index is 2.10. The van der Waals surface area contributed by atoms with Crippen LogP contribution in [0, 0.1) is 0 Å². The Morgan fingerprint density at radius 1 is 1.16 bits per heavy atom. The summed E-state index contributed by atoms with van der Waals surface area (Å²) in [6.07, 6.45) is 0.682. The lowest BCUT2D eigenvalue weighted by molar-refractivity contribution is -0.0284. The van der Waals surface area contributed by atoms with Crippen LogP contribution in [-0.2, 0) is 14.9 Å². The molecule has 7 heteroatoms. The molecule has 1 aromatic carbocycles. The fourth-order valence-corrected chi connectivity index (χ4v) is 3.28. The number of benzene rings is 1. The standard InChI is InChI=1S/C12H11NO5S/c14-12-5-2-9-8-10(3-4-11(9)18-12)19(15,16)13-6-1-7-17-13/h2-5,8H,1,6-7H2. The van der Waals surface area contributed by atoms with E-state index in [0.717, 1.165) is 4.47 Å². The van der Waals surface area contributed by atoms with Gasteiger partial charge in [-0.1, -0.05) is 4.47 Å². The molecule has 19 heavy (non-hydrogen) atoms. The fourth-order valence-electron chi connectivity index (χ4n) is 1.94. The van der Waals surface area contributed by atoms with Crippen molar-refractivity contribution in [2.24, 2.45) is 0 Å². The topological polar surface area (TPSA) is 76.8 Å². The monoisotopic (exact) mass is 281 g/mol. The Morgan fingerprint density at radius 2 is 2.00 bits per heavy atom. The van der Waals surface area contributed by atoms with Crippen LogP contribution in [0.15, 0.2) is 44.4 Å². The zero-order valence-electron chi connectivity index (χ0n) is 9.90. The quantitative estimate of drug-likeness (QED) is 0.771. The van der Waals surface area contributed by atoms with Gasteiger partial charge in [0.15, 0.2) is 0 Å². The summed E-state index contributed by atoms with van der Waals surface area (Å²) in [5, 5.41) is 0.555. The van der Waals surface area contributed by atoms with E-state index in [-0.39, 0.29) is 4.90 Å². The summed E-state index contributed by atoms with van der Waals surface area (Å²) in [6, 6.07) is 7.13. The highest BCUT2D eigenvalue weighted by Gasteiger charge is 2.28. The van der Waals surface area contributed by atoms with E-state index >= 15 is 0 Å². The van der Waals surface area contributed by atoms with Gasteiger partial charge in [-0.05, 0) is 30.7 Å². The minimum Gasteiger partial charge on any atom is -0.423 e. The average Bonchev–Trinajstić information content (AvgIpc) is 2.92. The first-order valence-corrected chi connectivity index (χ1v) is 7.21. The average molecular weight is 281 g/mol. The van der Waals surface area contributed by atoms with E-state index in [0.29, 0.717) is 30.5 Å². The summed E-state index contributed by atoms with van der Waals surface area (Å²) in [5.74, 6) is 0. The summed E-state index contributed by atoms with van der Waals surface area (Å²) in [7, 11) is -3.65. The fraction of sp³-hybridized carbons (Fsp3) is 0.250. The summed E-state index contributed by atoms with van der Waals surface area (Å²) >= 11 is 0. The second-order valence-electron chi connectivity index (χ2n) is 4.17. The summed E-state index contributed by atoms with van der Waals surface area (Å²) < 4.78 is 30.5. The normalized spacial score (nSPS) is 17.1. The van der Waals surface area contributed by atoms with Crippen molar-refractivity contribution in [3.63, 3.8) is 0 Å². The van der Waals surface area contributed by atoms with Crippen LogP contribution in [-0.4, -0.2) is 26.0 Å². The molecule has 1 aliphatic rings. The second-order valence-corrected chi connectivity index (χ2v) is 6.00. The van der Waals surface area contributed by atoms with Crippen molar-refractivity contribution in [2.45, 2.75) is 11.3 Å². The molecule has 0 bridgehead atoms. The highest BCUT2D eigenvalue weighted by atomic mass is 32.2. The molecule has 1 aliphatic heterocycles. The smallest absolute Gasteiger partial charge is 0.336 e. The van der Waals surface area contributed by atoms with E-state index in [4.69, 9.17) is 9.25 Å². The molecule has 1 aromatic heterocycles. The zero-order chi connectivity index (χ0) is 13.5. The van der Waals surface area contributed by atoms with Crippen LogP contribution < -0.4 is 5.63 Å². The van der Waals surface area contributed by atoms with Gasteiger partial charge in [0.05, 0.1) is 11.5 Å². The van der Waals surface area contributed by atoms with Crippen LogP contribution in [0.4, 0.5) is 0 Å². The molecule has 0 radical (unpaired) electrons. The minimum atomic E-state index is -3.65. The third kappa shape index (κ3) is 2.16. The molecule has 0 spiro atoms. The molecule has 0 N–H and O–H groups in total. The van der Waals surface area contributed by atoms with Gasteiger partial charge in [0.25, 0.3) is 10.0 Å². The van der Waals surface area contributed by atoms with E-state index in [2.05, 4.69) is 0 Å². The predicted octanol–water partition coefficient (Wildman–Crippen LogP) is 1.12. The molecule has 0 amide bonds. The molecule has 0 unspecified atom stereocenters. The number of rotatable bonds is 2. The van der Waals surface area contributed by atoms with Gasteiger partial charge in [-0.15, -0.1) is 0 Å². The molecule has 6 nitrogen and oxygen atoms in total. The lowest BCUT2D eigenvalue weighted by atomic mass is 10.2. The minimum absolute atomic E-state index is 0.121. The molecule has 1 fully saturated rings. The second kappa shape index (κ2) is 4.44. The summed E-state index contributed by atoms with van der Waals surface area (Å²) in [6.45, 7) is 0.756. The summed E-state index contributed by atoms with van der Waals surface area (Å²) in [5.41, 5.74) is -0.111. The Kier molecular flexibility index (Phi) is 2.89. The first kappa shape index (κ1) is 12.3. The number of sulfonamides is 1. The Bertz CT molecular complexity index is 774. The maximum Gasteiger partial charge on any atom is 0.336 e. The SMILES string of the molecule is O=c1ccc2cc(S(=O)(=O)N3CCCO3)ccc2o1. The molecule has 2 aromatic rings. The van der Waals surface area contributed by atoms with Crippen LogP contribution in [0.5, 0.6) is 0 Å². The van der Waals surface area contributed by atoms with Crippen molar-refractivity contribution in [3.8, 4) is 0 Å². The van der Waals surface area contributed by atoms with Crippen molar-refractivity contribution < 1.29 is 17.7 Å². The van der Waals surface area contributed by atoms with Crippen LogP contribution in [0.25, 0.3) is 11.0 Å². The maximum absolute atomic E-state index is 12.3. The highest BCUT2D eigenvalue weighted by molar-refractivity contribution is 7.89. The van der Waals surface area contributed by atoms with Gasteiger partial charge < -0.3 is 4.42 Å². The lowest BCUT2D eigenvalue weighted by Crippen LogP contribution is -2.26. The zero-order valence-corrected chi connectivity index (χ0v) is 10.7. The number of hydrogen-bond acceptors (Lipinski definition) is 5. The number of hydroxylamine groups is 1. The number of hydrogen-bond donors (Lipinski definition) is 0. The maximum atomic E-state index is 12.3. The summed E-state index contributed by atoms with van der Waals surface area (Å²) in [4.78, 5) is 16.3. The molecule has 0 saturated carbocycles. The van der Waals surface area contributed by atoms with Crippen LogP contribution in [0.3, 0.4) is 0 Å². The first-order valence-electron chi connectivity index (χ1n) is 5.77. The predicted molar refractivity (Wildman–Crippen MR) is 66.9 cm³/mol.